The van der Waals surface area contributed by atoms with Crippen LogP contribution in [0.25, 0.3) is 0 Å². The summed E-state index contributed by atoms with van der Waals surface area (Å²) in [5.74, 6) is 0. The van der Waals surface area contributed by atoms with E-state index in [-0.39, 0.29) is 0 Å². The molecule has 0 aliphatic rings. The van der Waals surface area contributed by atoms with Gasteiger partial charge in [-0.25, -0.2) is 0 Å². The minimum Gasteiger partial charge on any atom is -0.371 e. The van der Waals surface area contributed by atoms with Crippen molar-refractivity contribution in [1.29, 1.82) is 5.26 Å². The van der Waals surface area contributed by atoms with Crippen LogP contribution in [0.3, 0.4) is 0 Å². The highest BCUT2D eigenvalue weighted by Gasteiger charge is 2.13. The first-order chi connectivity index (χ1) is 7.63. The van der Waals surface area contributed by atoms with E-state index in [0.717, 1.165) is 18.4 Å². The summed E-state index contributed by atoms with van der Waals surface area (Å²) < 4.78 is 0. The normalized spacial score (nSPS) is 10.2. The van der Waals surface area contributed by atoms with Gasteiger partial charge in [0.1, 0.15) is 0 Å². The van der Waals surface area contributed by atoms with E-state index < -0.39 is 0 Å². The van der Waals surface area contributed by atoms with E-state index >= 15 is 0 Å². The van der Waals surface area contributed by atoms with Crippen molar-refractivity contribution < 1.29 is 0 Å². The van der Waals surface area contributed by atoms with Crippen LogP contribution in [0.4, 0.5) is 5.69 Å². The maximum absolute atomic E-state index is 8.83. The molecular formula is C14H20N2. The molecule has 1 aromatic rings. The zero-order chi connectivity index (χ0) is 12.1. The van der Waals surface area contributed by atoms with Crippen LogP contribution in [0.1, 0.15) is 37.8 Å². The van der Waals surface area contributed by atoms with Crippen molar-refractivity contribution in [2.24, 2.45) is 0 Å². The Hall–Kier alpha value is -1.49. The summed E-state index contributed by atoms with van der Waals surface area (Å²) in [5.41, 5.74) is 3.14. The number of anilines is 1. The second kappa shape index (κ2) is 5.55. The predicted molar refractivity (Wildman–Crippen MR) is 68.7 cm³/mol. The molecule has 0 heterocycles. The van der Waals surface area contributed by atoms with E-state index in [0.29, 0.717) is 6.04 Å². The molecule has 0 amide bonds. The van der Waals surface area contributed by atoms with Crippen LogP contribution >= 0.6 is 0 Å². The molecule has 16 heavy (non-hydrogen) atoms. The van der Waals surface area contributed by atoms with Crippen LogP contribution in [0, 0.1) is 18.3 Å². The quantitative estimate of drug-likeness (QED) is 0.770. The Balaban J connectivity index is 3.00. The van der Waals surface area contributed by atoms with Crippen molar-refractivity contribution >= 4 is 5.69 Å². The van der Waals surface area contributed by atoms with Crippen molar-refractivity contribution in [3.8, 4) is 6.07 Å². The number of nitriles is 1. The van der Waals surface area contributed by atoms with Gasteiger partial charge in [-0.05, 0) is 43.5 Å². The number of aryl methyl sites for hydroxylation is 1. The fourth-order valence-electron chi connectivity index (χ4n) is 2.15. The lowest BCUT2D eigenvalue weighted by Gasteiger charge is -2.29. The van der Waals surface area contributed by atoms with Crippen molar-refractivity contribution in [3.05, 3.63) is 29.3 Å². The number of hydrogen-bond donors (Lipinski definition) is 0. The molecule has 0 spiro atoms. The number of benzene rings is 1. The molecule has 0 saturated carbocycles. The molecule has 86 valence electrons. The van der Waals surface area contributed by atoms with Crippen molar-refractivity contribution in [3.63, 3.8) is 0 Å². The third-order valence-corrected chi connectivity index (χ3v) is 3.20. The number of rotatable bonds is 4. The minimum atomic E-state index is 0.576. The Kier molecular flexibility index (Phi) is 4.37. The molecule has 0 N–H and O–H groups in total. The Bertz CT molecular complexity index is 386. The van der Waals surface area contributed by atoms with Crippen molar-refractivity contribution in [2.75, 3.05) is 11.9 Å². The zero-order valence-corrected chi connectivity index (χ0v) is 10.6. The summed E-state index contributed by atoms with van der Waals surface area (Å²) in [7, 11) is 2.13. The predicted octanol–water partition coefficient (Wildman–Crippen LogP) is 3.49. The van der Waals surface area contributed by atoms with Crippen LogP contribution in [-0.2, 0) is 0 Å². The van der Waals surface area contributed by atoms with Crippen LogP contribution in [0.5, 0.6) is 0 Å². The summed E-state index contributed by atoms with van der Waals surface area (Å²) in [6, 6.07) is 8.64. The fraction of sp³-hybridized carbons (Fsp3) is 0.500. The Morgan fingerprint density at radius 2 is 1.94 bits per heavy atom. The Morgan fingerprint density at radius 1 is 1.31 bits per heavy atom. The largest absolute Gasteiger partial charge is 0.371 e. The van der Waals surface area contributed by atoms with Crippen LogP contribution in [-0.4, -0.2) is 13.1 Å². The first-order valence-corrected chi connectivity index (χ1v) is 5.87. The lowest BCUT2D eigenvalue weighted by molar-refractivity contribution is 0.591. The first kappa shape index (κ1) is 12.6. The maximum atomic E-state index is 8.83. The van der Waals surface area contributed by atoms with Gasteiger partial charge in [-0.3, -0.25) is 0 Å². The second-order valence-corrected chi connectivity index (χ2v) is 4.19. The van der Waals surface area contributed by atoms with Crippen LogP contribution in [0.2, 0.25) is 0 Å². The lowest BCUT2D eigenvalue weighted by Crippen LogP contribution is -2.30. The third kappa shape index (κ3) is 2.55. The van der Waals surface area contributed by atoms with Gasteiger partial charge in [0, 0.05) is 18.8 Å². The molecular weight excluding hydrogens is 196 g/mol. The topological polar surface area (TPSA) is 27.0 Å². The summed E-state index contributed by atoms with van der Waals surface area (Å²) >= 11 is 0. The average molecular weight is 216 g/mol. The van der Waals surface area contributed by atoms with Gasteiger partial charge < -0.3 is 4.90 Å². The van der Waals surface area contributed by atoms with Crippen LogP contribution < -0.4 is 4.90 Å². The summed E-state index contributed by atoms with van der Waals surface area (Å²) in [4.78, 5) is 2.32. The fourth-order valence-corrected chi connectivity index (χ4v) is 2.15. The highest BCUT2D eigenvalue weighted by Crippen LogP contribution is 2.23. The van der Waals surface area contributed by atoms with Gasteiger partial charge >= 0.3 is 0 Å². The molecule has 2 heteroatoms. The number of nitrogens with zero attached hydrogens (tertiary/aromatic N) is 2. The van der Waals surface area contributed by atoms with Gasteiger partial charge in [0.25, 0.3) is 0 Å². The summed E-state index contributed by atoms with van der Waals surface area (Å²) in [6.07, 6.45) is 2.29. The van der Waals surface area contributed by atoms with Gasteiger partial charge in [0.15, 0.2) is 0 Å². The number of hydrogen-bond acceptors (Lipinski definition) is 2. The molecule has 0 aromatic heterocycles. The first-order valence-electron chi connectivity index (χ1n) is 5.87. The van der Waals surface area contributed by atoms with Crippen molar-refractivity contribution in [1.82, 2.24) is 0 Å². The van der Waals surface area contributed by atoms with Gasteiger partial charge in [-0.2, -0.15) is 5.26 Å². The van der Waals surface area contributed by atoms with Gasteiger partial charge in [0.2, 0.25) is 0 Å². The molecule has 0 saturated heterocycles. The second-order valence-electron chi connectivity index (χ2n) is 4.19. The van der Waals surface area contributed by atoms with Gasteiger partial charge in [-0.15, -0.1) is 0 Å². The van der Waals surface area contributed by atoms with E-state index in [1.807, 2.05) is 18.2 Å². The van der Waals surface area contributed by atoms with Gasteiger partial charge in [0.05, 0.1) is 11.6 Å². The lowest BCUT2D eigenvalue weighted by atomic mass is 10.1. The average Bonchev–Trinajstić information content (AvgIpc) is 2.30. The standard InChI is InChI=1S/C14H20N2/c1-5-13(6-2)16(4)14-8-7-12(10-15)9-11(14)3/h7-9,13H,5-6H2,1-4H3. The highest BCUT2D eigenvalue weighted by molar-refractivity contribution is 5.56. The Labute approximate surface area is 98.5 Å². The van der Waals surface area contributed by atoms with E-state index in [1.165, 1.54) is 11.3 Å². The molecule has 0 bridgehead atoms. The molecule has 0 unspecified atom stereocenters. The van der Waals surface area contributed by atoms with E-state index in [2.05, 4.69) is 38.8 Å². The van der Waals surface area contributed by atoms with E-state index in [9.17, 15) is 0 Å². The zero-order valence-electron chi connectivity index (χ0n) is 10.6. The Morgan fingerprint density at radius 3 is 2.38 bits per heavy atom. The SMILES string of the molecule is CCC(CC)N(C)c1ccc(C#N)cc1C. The summed E-state index contributed by atoms with van der Waals surface area (Å²) in [5, 5.41) is 8.83. The molecule has 0 aliphatic heterocycles. The monoisotopic (exact) mass is 216 g/mol. The smallest absolute Gasteiger partial charge is 0.0991 e. The minimum absolute atomic E-state index is 0.576. The van der Waals surface area contributed by atoms with E-state index in [4.69, 9.17) is 5.26 Å². The van der Waals surface area contributed by atoms with Crippen molar-refractivity contribution in [2.45, 2.75) is 39.7 Å². The molecule has 0 fully saturated rings. The molecule has 0 aliphatic carbocycles. The maximum Gasteiger partial charge on any atom is 0.0991 e. The molecule has 1 aromatic carbocycles. The molecule has 0 atom stereocenters. The third-order valence-electron chi connectivity index (χ3n) is 3.20. The summed E-state index contributed by atoms with van der Waals surface area (Å²) in [6.45, 7) is 6.49. The van der Waals surface area contributed by atoms with Gasteiger partial charge in [-0.1, -0.05) is 13.8 Å². The van der Waals surface area contributed by atoms with E-state index in [1.54, 1.807) is 0 Å². The molecule has 0 radical (unpaired) electrons. The highest BCUT2D eigenvalue weighted by atomic mass is 15.1. The molecule has 1 rings (SSSR count). The molecule has 2 nitrogen and oxygen atoms in total. The van der Waals surface area contributed by atoms with Crippen LogP contribution in [0.15, 0.2) is 18.2 Å².